The van der Waals surface area contributed by atoms with Gasteiger partial charge in [-0.25, -0.2) is 8.78 Å². The van der Waals surface area contributed by atoms with E-state index in [1.807, 2.05) is 0 Å². The zero-order valence-corrected chi connectivity index (χ0v) is 10.3. The van der Waals surface area contributed by atoms with Gasteiger partial charge in [0.2, 0.25) is 5.56 Å². The summed E-state index contributed by atoms with van der Waals surface area (Å²) >= 11 is 0. The van der Waals surface area contributed by atoms with Gasteiger partial charge in [-0.3, -0.25) is 9.59 Å². The summed E-state index contributed by atoms with van der Waals surface area (Å²) in [6.45, 7) is 1.49. The first-order chi connectivity index (χ1) is 8.93. The lowest BCUT2D eigenvalue weighted by Crippen LogP contribution is -2.16. The van der Waals surface area contributed by atoms with Gasteiger partial charge in [0.25, 0.3) is 0 Å². The van der Waals surface area contributed by atoms with Crippen LogP contribution in [0.15, 0.2) is 23.0 Å². The first-order valence-corrected chi connectivity index (χ1v) is 5.54. The van der Waals surface area contributed by atoms with E-state index >= 15 is 0 Å². The first kappa shape index (κ1) is 13.2. The Morgan fingerprint density at radius 3 is 2.63 bits per heavy atom. The Bertz CT molecular complexity index is 709. The summed E-state index contributed by atoms with van der Waals surface area (Å²) in [7, 11) is 1.20. The average Bonchev–Trinajstić information content (AvgIpc) is 2.34. The zero-order chi connectivity index (χ0) is 14.2. The number of carbonyl (C=O) groups excluding carboxylic acids is 1. The van der Waals surface area contributed by atoms with Gasteiger partial charge in [-0.05, 0) is 18.6 Å². The molecule has 1 heterocycles. The Labute approximate surface area is 107 Å². The number of esters is 1. The van der Waals surface area contributed by atoms with Gasteiger partial charge in [-0.1, -0.05) is 0 Å². The van der Waals surface area contributed by atoms with E-state index in [2.05, 4.69) is 9.72 Å². The van der Waals surface area contributed by atoms with Gasteiger partial charge in [-0.2, -0.15) is 0 Å². The van der Waals surface area contributed by atoms with Crippen LogP contribution in [-0.4, -0.2) is 18.1 Å². The predicted molar refractivity (Wildman–Crippen MR) is 64.9 cm³/mol. The van der Waals surface area contributed by atoms with Crippen LogP contribution in [0.5, 0.6) is 0 Å². The molecule has 19 heavy (non-hydrogen) atoms. The highest BCUT2D eigenvalue weighted by molar-refractivity contribution is 5.89. The number of rotatable bonds is 2. The van der Waals surface area contributed by atoms with Crippen molar-refractivity contribution in [1.29, 1.82) is 0 Å². The molecular formula is C13H11F2NO3. The Hall–Kier alpha value is -2.24. The molecule has 0 saturated carbocycles. The monoisotopic (exact) mass is 267 g/mol. The second-order valence-corrected chi connectivity index (χ2v) is 4.14. The van der Waals surface area contributed by atoms with Gasteiger partial charge in [0.1, 0.15) is 11.6 Å². The second kappa shape index (κ2) is 4.79. The molecular weight excluding hydrogens is 256 g/mol. The summed E-state index contributed by atoms with van der Waals surface area (Å²) in [4.78, 5) is 25.3. The lowest BCUT2D eigenvalue weighted by Gasteiger charge is -2.12. The van der Waals surface area contributed by atoms with Crippen LogP contribution in [0.1, 0.15) is 18.4 Å². The maximum atomic E-state index is 13.9. The standard InChI is InChI=1S/C13H11F2NO3/c1-6(13(18)19-2)8-5-11(17)16-10-4-7(14)3-9(15)12(8)10/h3-6H,1-2H3,(H,16,17). The summed E-state index contributed by atoms with van der Waals surface area (Å²) in [5.41, 5.74) is -0.359. The van der Waals surface area contributed by atoms with Crippen LogP contribution in [0.2, 0.25) is 0 Å². The molecule has 4 nitrogen and oxygen atoms in total. The van der Waals surface area contributed by atoms with Gasteiger partial charge in [0, 0.05) is 17.5 Å². The first-order valence-electron chi connectivity index (χ1n) is 5.54. The van der Waals surface area contributed by atoms with Gasteiger partial charge in [-0.15, -0.1) is 0 Å². The van der Waals surface area contributed by atoms with Gasteiger partial charge in [0.15, 0.2) is 0 Å². The summed E-state index contributed by atoms with van der Waals surface area (Å²) in [5, 5.41) is 0.0129. The van der Waals surface area contributed by atoms with Gasteiger partial charge >= 0.3 is 5.97 Å². The number of halogens is 2. The molecule has 1 N–H and O–H groups in total. The molecule has 0 bridgehead atoms. The lowest BCUT2D eigenvalue weighted by atomic mass is 9.97. The van der Waals surface area contributed by atoms with E-state index in [0.717, 1.165) is 12.1 Å². The predicted octanol–water partition coefficient (Wildman–Crippen LogP) is 2.08. The Morgan fingerprint density at radius 2 is 2.00 bits per heavy atom. The van der Waals surface area contributed by atoms with E-state index < -0.39 is 29.1 Å². The van der Waals surface area contributed by atoms with E-state index in [4.69, 9.17) is 0 Å². The molecule has 0 radical (unpaired) electrons. The smallest absolute Gasteiger partial charge is 0.312 e. The number of aromatic amines is 1. The SMILES string of the molecule is COC(=O)C(C)c1cc(=O)[nH]c2cc(F)cc(F)c12. The van der Waals surface area contributed by atoms with E-state index in [-0.39, 0.29) is 16.5 Å². The Morgan fingerprint density at radius 1 is 1.32 bits per heavy atom. The molecule has 6 heteroatoms. The van der Waals surface area contributed by atoms with Crippen LogP contribution in [0, 0.1) is 11.6 Å². The Kier molecular flexibility index (Phi) is 3.33. The van der Waals surface area contributed by atoms with Crippen molar-refractivity contribution in [3.05, 3.63) is 45.8 Å². The fourth-order valence-corrected chi connectivity index (χ4v) is 1.99. The molecule has 1 aromatic carbocycles. The number of pyridine rings is 1. The molecule has 100 valence electrons. The number of benzene rings is 1. The van der Waals surface area contributed by atoms with E-state index in [1.54, 1.807) is 0 Å². The Balaban J connectivity index is 2.80. The molecule has 0 aliphatic rings. The van der Waals surface area contributed by atoms with Crippen molar-refractivity contribution >= 4 is 16.9 Å². The molecule has 0 saturated heterocycles. The minimum Gasteiger partial charge on any atom is -0.469 e. The molecule has 0 fully saturated rings. The summed E-state index contributed by atoms with van der Waals surface area (Å²) in [5.74, 6) is -3.06. The van der Waals surface area contributed by atoms with Gasteiger partial charge in [0.05, 0.1) is 18.5 Å². The number of hydrogen-bond donors (Lipinski definition) is 1. The molecule has 1 aromatic heterocycles. The van der Waals surface area contributed by atoms with E-state index in [9.17, 15) is 18.4 Å². The van der Waals surface area contributed by atoms with Crippen LogP contribution in [0.25, 0.3) is 10.9 Å². The van der Waals surface area contributed by atoms with Crippen molar-refractivity contribution in [2.75, 3.05) is 7.11 Å². The third kappa shape index (κ3) is 2.33. The van der Waals surface area contributed by atoms with Crippen molar-refractivity contribution in [1.82, 2.24) is 4.98 Å². The molecule has 1 atom stereocenters. The number of carbonyl (C=O) groups is 1. The fraction of sp³-hybridized carbons (Fsp3) is 0.231. The molecule has 0 amide bonds. The normalized spacial score (nSPS) is 12.4. The molecule has 0 aliphatic carbocycles. The topological polar surface area (TPSA) is 59.2 Å². The largest absolute Gasteiger partial charge is 0.469 e. The summed E-state index contributed by atoms with van der Waals surface area (Å²) in [6, 6.07) is 2.83. The van der Waals surface area contributed by atoms with Crippen LogP contribution in [0.4, 0.5) is 8.78 Å². The van der Waals surface area contributed by atoms with E-state index in [0.29, 0.717) is 6.07 Å². The molecule has 2 rings (SSSR count). The minimum absolute atomic E-state index is 0.00996. The van der Waals surface area contributed by atoms with Crippen LogP contribution in [-0.2, 0) is 9.53 Å². The zero-order valence-electron chi connectivity index (χ0n) is 10.3. The maximum Gasteiger partial charge on any atom is 0.312 e. The number of nitrogens with one attached hydrogen (secondary N) is 1. The summed E-state index contributed by atoms with van der Waals surface area (Å²) < 4.78 is 31.6. The van der Waals surface area contributed by atoms with Crippen molar-refractivity contribution in [3.8, 4) is 0 Å². The highest BCUT2D eigenvalue weighted by atomic mass is 19.1. The number of ether oxygens (including phenoxy) is 1. The number of hydrogen-bond acceptors (Lipinski definition) is 3. The number of aromatic nitrogens is 1. The van der Waals surface area contributed by atoms with E-state index in [1.165, 1.54) is 14.0 Å². The van der Waals surface area contributed by atoms with Crippen molar-refractivity contribution in [2.24, 2.45) is 0 Å². The van der Waals surface area contributed by atoms with Crippen LogP contribution >= 0.6 is 0 Å². The second-order valence-electron chi connectivity index (χ2n) is 4.14. The van der Waals surface area contributed by atoms with Crippen molar-refractivity contribution < 1.29 is 18.3 Å². The third-order valence-electron chi connectivity index (χ3n) is 2.91. The van der Waals surface area contributed by atoms with Crippen molar-refractivity contribution in [2.45, 2.75) is 12.8 Å². The minimum atomic E-state index is -0.836. The molecule has 2 aromatic rings. The van der Waals surface area contributed by atoms with Crippen molar-refractivity contribution in [3.63, 3.8) is 0 Å². The number of methoxy groups -OCH3 is 1. The highest BCUT2D eigenvalue weighted by Crippen LogP contribution is 2.27. The third-order valence-corrected chi connectivity index (χ3v) is 2.91. The maximum absolute atomic E-state index is 13.9. The average molecular weight is 267 g/mol. The highest BCUT2D eigenvalue weighted by Gasteiger charge is 2.21. The quantitative estimate of drug-likeness (QED) is 0.847. The molecule has 0 aliphatic heterocycles. The van der Waals surface area contributed by atoms with Gasteiger partial charge < -0.3 is 9.72 Å². The number of fused-ring (bicyclic) bond motifs is 1. The number of H-pyrrole nitrogens is 1. The summed E-state index contributed by atoms with van der Waals surface area (Å²) in [6.07, 6.45) is 0. The molecule has 1 unspecified atom stereocenters. The van der Waals surface area contributed by atoms with Crippen LogP contribution in [0.3, 0.4) is 0 Å². The molecule has 0 spiro atoms. The lowest BCUT2D eigenvalue weighted by molar-refractivity contribution is -0.141. The fourth-order valence-electron chi connectivity index (χ4n) is 1.99. The van der Waals surface area contributed by atoms with Crippen LogP contribution < -0.4 is 5.56 Å².